The number of benzene rings is 1. The van der Waals surface area contributed by atoms with Crippen LogP contribution in [0.15, 0.2) is 24.3 Å². The average Bonchev–Trinajstić information content (AvgIpc) is 2.27. The molecule has 0 unspecified atom stereocenters. The molecule has 1 aromatic rings. The van der Waals surface area contributed by atoms with Crippen LogP contribution in [0.1, 0.15) is 26.3 Å². The summed E-state index contributed by atoms with van der Waals surface area (Å²) in [4.78, 5) is 12.6. The van der Waals surface area contributed by atoms with Crippen LogP contribution in [0.5, 0.6) is 0 Å². The number of carbonyl (C=O) groups is 1. The van der Waals surface area contributed by atoms with Crippen LogP contribution in [0, 0.1) is 0 Å². The van der Waals surface area contributed by atoms with Gasteiger partial charge in [0, 0.05) is 23.1 Å². The van der Waals surface area contributed by atoms with Crippen molar-refractivity contribution in [3.05, 3.63) is 34.9 Å². The molecule has 0 fully saturated rings. The van der Waals surface area contributed by atoms with E-state index >= 15 is 0 Å². The van der Waals surface area contributed by atoms with Gasteiger partial charge in [0.25, 0.3) is 0 Å². The van der Waals surface area contributed by atoms with Gasteiger partial charge in [-0.25, -0.2) is 4.79 Å². The number of nitrogens with zero attached hydrogens (tertiary/aromatic N) is 1. The molecule has 1 atom stereocenters. The second-order valence-electron chi connectivity index (χ2n) is 5.62. The lowest BCUT2D eigenvalue weighted by molar-refractivity contribution is 0.0960. The fraction of sp³-hybridized carbons (Fsp3) is 0.500. The van der Waals surface area contributed by atoms with E-state index in [1.165, 1.54) is 4.90 Å². The van der Waals surface area contributed by atoms with Gasteiger partial charge in [0.05, 0.1) is 0 Å². The number of nitrogens with two attached hydrogens (primary N) is 1. The van der Waals surface area contributed by atoms with Gasteiger partial charge in [-0.15, -0.1) is 0 Å². The molecule has 19 heavy (non-hydrogen) atoms. The minimum Gasteiger partial charge on any atom is -0.465 e. The third kappa shape index (κ3) is 4.73. The standard InChI is InChI=1S/C14H21ClN2O2/c1-14(2,3)17(13(18)19)9-11(16)8-10-6-4-5-7-12(10)15/h4-7,11H,8-9,16H2,1-3H3,(H,18,19)/t11-/m1/s1. The molecular weight excluding hydrogens is 264 g/mol. The number of carboxylic acid groups (broad SMARTS) is 1. The zero-order valence-corrected chi connectivity index (χ0v) is 12.3. The molecule has 1 aromatic carbocycles. The summed E-state index contributed by atoms with van der Waals surface area (Å²) in [5, 5.41) is 9.89. The Kier molecular flexibility index (Phi) is 5.20. The molecule has 0 bridgehead atoms. The summed E-state index contributed by atoms with van der Waals surface area (Å²) in [5.74, 6) is 0. The summed E-state index contributed by atoms with van der Waals surface area (Å²) < 4.78 is 0. The monoisotopic (exact) mass is 284 g/mol. The van der Waals surface area contributed by atoms with Crippen LogP contribution in [-0.2, 0) is 6.42 Å². The first-order chi connectivity index (χ1) is 8.71. The molecule has 0 aliphatic rings. The number of hydrogen-bond acceptors (Lipinski definition) is 2. The third-order valence-electron chi connectivity index (χ3n) is 2.90. The van der Waals surface area contributed by atoms with Crippen molar-refractivity contribution < 1.29 is 9.90 Å². The van der Waals surface area contributed by atoms with E-state index in [2.05, 4.69) is 0 Å². The number of rotatable bonds is 4. The van der Waals surface area contributed by atoms with Crippen molar-refractivity contribution in [2.24, 2.45) is 5.73 Å². The van der Waals surface area contributed by atoms with E-state index in [9.17, 15) is 9.90 Å². The average molecular weight is 285 g/mol. The molecule has 0 saturated carbocycles. The molecule has 4 nitrogen and oxygen atoms in total. The maximum absolute atomic E-state index is 11.2. The van der Waals surface area contributed by atoms with Crippen LogP contribution in [0.2, 0.25) is 5.02 Å². The highest BCUT2D eigenvalue weighted by molar-refractivity contribution is 6.31. The van der Waals surface area contributed by atoms with Crippen LogP contribution < -0.4 is 5.73 Å². The van der Waals surface area contributed by atoms with Gasteiger partial charge in [-0.3, -0.25) is 0 Å². The van der Waals surface area contributed by atoms with Crippen molar-refractivity contribution >= 4 is 17.7 Å². The molecule has 1 rings (SSSR count). The first kappa shape index (κ1) is 15.8. The van der Waals surface area contributed by atoms with E-state index in [1.54, 1.807) is 0 Å². The van der Waals surface area contributed by atoms with Gasteiger partial charge in [-0.05, 0) is 38.8 Å². The van der Waals surface area contributed by atoms with Crippen molar-refractivity contribution in [2.75, 3.05) is 6.54 Å². The Morgan fingerprint density at radius 1 is 1.42 bits per heavy atom. The summed E-state index contributed by atoms with van der Waals surface area (Å²) in [5.41, 5.74) is 6.52. The molecule has 0 heterocycles. The maximum Gasteiger partial charge on any atom is 0.407 e. The highest BCUT2D eigenvalue weighted by Crippen LogP contribution is 2.18. The summed E-state index contributed by atoms with van der Waals surface area (Å²) in [6, 6.07) is 7.19. The molecule has 0 aliphatic heterocycles. The number of halogens is 1. The van der Waals surface area contributed by atoms with Crippen LogP contribution >= 0.6 is 11.6 Å². The lowest BCUT2D eigenvalue weighted by atomic mass is 10.0. The van der Waals surface area contributed by atoms with Gasteiger partial charge in [-0.2, -0.15) is 0 Å². The minimum atomic E-state index is -0.956. The van der Waals surface area contributed by atoms with Gasteiger partial charge in [-0.1, -0.05) is 29.8 Å². The summed E-state index contributed by atoms with van der Waals surface area (Å²) in [6.45, 7) is 5.83. The van der Waals surface area contributed by atoms with E-state index in [1.807, 2.05) is 45.0 Å². The second-order valence-corrected chi connectivity index (χ2v) is 6.03. The Labute approximate surface area is 119 Å². The molecule has 0 spiro atoms. The predicted octanol–water partition coefficient (Wildman–Crippen LogP) is 2.99. The Morgan fingerprint density at radius 2 is 2.00 bits per heavy atom. The fourth-order valence-corrected chi connectivity index (χ4v) is 2.10. The van der Waals surface area contributed by atoms with Crippen molar-refractivity contribution in [2.45, 2.75) is 38.8 Å². The van der Waals surface area contributed by atoms with Gasteiger partial charge >= 0.3 is 6.09 Å². The highest BCUT2D eigenvalue weighted by Gasteiger charge is 2.27. The van der Waals surface area contributed by atoms with Gasteiger partial charge in [0.2, 0.25) is 0 Å². The van der Waals surface area contributed by atoms with Crippen molar-refractivity contribution in [1.82, 2.24) is 4.90 Å². The van der Waals surface area contributed by atoms with E-state index < -0.39 is 11.6 Å². The Balaban J connectivity index is 2.71. The van der Waals surface area contributed by atoms with Crippen LogP contribution in [-0.4, -0.2) is 34.2 Å². The van der Waals surface area contributed by atoms with Crippen LogP contribution in [0.3, 0.4) is 0 Å². The predicted molar refractivity (Wildman–Crippen MR) is 77.6 cm³/mol. The summed E-state index contributed by atoms with van der Waals surface area (Å²) in [7, 11) is 0. The molecule has 1 amide bonds. The van der Waals surface area contributed by atoms with Crippen molar-refractivity contribution in [3.8, 4) is 0 Å². The lowest BCUT2D eigenvalue weighted by Crippen LogP contribution is -2.50. The highest BCUT2D eigenvalue weighted by atomic mass is 35.5. The quantitative estimate of drug-likeness (QED) is 0.893. The number of hydrogen-bond donors (Lipinski definition) is 2. The Hall–Kier alpha value is -1.26. The molecule has 0 radical (unpaired) electrons. The molecule has 3 N–H and O–H groups in total. The minimum absolute atomic E-state index is 0.282. The molecule has 0 saturated heterocycles. The zero-order valence-electron chi connectivity index (χ0n) is 11.6. The van der Waals surface area contributed by atoms with Gasteiger partial charge in [0.1, 0.15) is 0 Å². The third-order valence-corrected chi connectivity index (χ3v) is 3.27. The smallest absolute Gasteiger partial charge is 0.407 e. The second kappa shape index (κ2) is 6.26. The van der Waals surface area contributed by atoms with Crippen molar-refractivity contribution in [1.29, 1.82) is 0 Å². The Morgan fingerprint density at radius 3 is 2.47 bits per heavy atom. The largest absolute Gasteiger partial charge is 0.465 e. The Bertz CT molecular complexity index is 443. The normalized spacial score (nSPS) is 13.1. The first-order valence-electron chi connectivity index (χ1n) is 6.21. The molecule has 5 heteroatoms. The van der Waals surface area contributed by atoms with E-state index in [4.69, 9.17) is 17.3 Å². The van der Waals surface area contributed by atoms with Gasteiger partial charge < -0.3 is 15.7 Å². The first-order valence-corrected chi connectivity index (χ1v) is 6.59. The zero-order chi connectivity index (χ0) is 14.6. The topological polar surface area (TPSA) is 66.6 Å². The van der Waals surface area contributed by atoms with Gasteiger partial charge in [0.15, 0.2) is 0 Å². The molecular formula is C14H21ClN2O2. The van der Waals surface area contributed by atoms with Crippen LogP contribution in [0.4, 0.5) is 4.79 Å². The van der Waals surface area contributed by atoms with E-state index in [0.29, 0.717) is 11.4 Å². The van der Waals surface area contributed by atoms with Crippen molar-refractivity contribution in [3.63, 3.8) is 0 Å². The fourth-order valence-electron chi connectivity index (χ4n) is 1.88. The van der Waals surface area contributed by atoms with Crippen LogP contribution in [0.25, 0.3) is 0 Å². The SMILES string of the molecule is CC(C)(C)N(C[C@H](N)Cc1ccccc1Cl)C(=O)O. The number of amides is 1. The summed E-state index contributed by atoms with van der Waals surface area (Å²) in [6.07, 6.45) is -0.401. The molecule has 106 valence electrons. The summed E-state index contributed by atoms with van der Waals surface area (Å²) >= 11 is 6.07. The molecule has 0 aliphatic carbocycles. The van der Waals surface area contributed by atoms with E-state index in [-0.39, 0.29) is 12.6 Å². The molecule has 0 aromatic heterocycles. The van der Waals surface area contributed by atoms with E-state index in [0.717, 1.165) is 5.56 Å². The maximum atomic E-state index is 11.2. The lowest BCUT2D eigenvalue weighted by Gasteiger charge is -2.35.